The van der Waals surface area contributed by atoms with Crippen molar-refractivity contribution in [2.75, 3.05) is 0 Å². The van der Waals surface area contributed by atoms with Gasteiger partial charge in [0.25, 0.3) is 0 Å². The van der Waals surface area contributed by atoms with Gasteiger partial charge in [0.1, 0.15) is 5.78 Å². The monoisotopic (exact) mass is 398 g/mol. The number of hydrogen-bond donors (Lipinski definition) is 0. The molecule has 1 saturated carbocycles. The van der Waals surface area contributed by atoms with Crippen molar-refractivity contribution in [3.63, 3.8) is 0 Å². The third-order valence-corrected chi connectivity index (χ3v) is 6.47. The van der Waals surface area contributed by atoms with Gasteiger partial charge in [-0.05, 0) is 49.6 Å². The minimum absolute atomic E-state index is 0.0634. The van der Waals surface area contributed by atoms with E-state index in [1.54, 1.807) is 12.4 Å². The van der Waals surface area contributed by atoms with Crippen molar-refractivity contribution in [1.82, 2.24) is 19.7 Å². The molecule has 7 heteroatoms. The Bertz CT molecular complexity index is 973. The molecule has 4 rings (SSSR count). The number of nitrogens with zero attached hydrogens (tertiary/aromatic N) is 4. The van der Waals surface area contributed by atoms with Crippen LogP contribution in [-0.2, 0) is 4.79 Å². The molecule has 0 amide bonds. The quantitative estimate of drug-likeness (QED) is 0.625. The molecule has 5 nitrogen and oxygen atoms in total. The number of halogens is 1. The maximum atomic E-state index is 12.3. The number of carbonyl (C=O) groups excluding carboxylic acids is 1. The van der Waals surface area contributed by atoms with Crippen molar-refractivity contribution in [1.29, 1.82) is 0 Å². The van der Waals surface area contributed by atoms with Gasteiger partial charge < -0.3 is 0 Å². The largest absolute Gasteiger partial charge is 0.298 e. The van der Waals surface area contributed by atoms with Crippen molar-refractivity contribution >= 4 is 29.1 Å². The molecule has 0 bridgehead atoms. The lowest BCUT2D eigenvalue weighted by Gasteiger charge is -2.20. The van der Waals surface area contributed by atoms with E-state index < -0.39 is 0 Å². The van der Waals surface area contributed by atoms with Gasteiger partial charge in [-0.1, -0.05) is 35.9 Å². The van der Waals surface area contributed by atoms with Crippen molar-refractivity contribution in [3.05, 3.63) is 53.3 Å². The molecule has 0 saturated heterocycles. The number of benzene rings is 1. The van der Waals surface area contributed by atoms with Crippen LogP contribution in [0.15, 0.2) is 47.9 Å². The van der Waals surface area contributed by atoms with Crippen LogP contribution in [0.3, 0.4) is 0 Å². The molecular weight excluding hydrogens is 380 g/mol. The SMILES string of the molecule is Cc1c(Cl)cccc1-n1c(S[C@@H]2CCCCC2=O)nnc1-c1ccncc1. The third kappa shape index (κ3) is 3.64. The summed E-state index contributed by atoms with van der Waals surface area (Å²) in [5.41, 5.74) is 2.79. The third-order valence-electron chi connectivity index (χ3n) is 4.80. The molecule has 1 aromatic carbocycles. The second kappa shape index (κ2) is 7.82. The first-order valence-electron chi connectivity index (χ1n) is 8.96. The highest BCUT2D eigenvalue weighted by atomic mass is 35.5. The fourth-order valence-corrected chi connectivity index (χ4v) is 4.63. The van der Waals surface area contributed by atoms with Crippen molar-refractivity contribution in [2.24, 2.45) is 0 Å². The van der Waals surface area contributed by atoms with Crippen LogP contribution in [-0.4, -0.2) is 30.8 Å². The number of aromatic nitrogens is 4. The Kier molecular flexibility index (Phi) is 5.27. The minimum atomic E-state index is -0.0634. The molecule has 0 N–H and O–H groups in total. The Labute approximate surface area is 167 Å². The lowest BCUT2D eigenvalue weighted by Crippen LogP contribution is -2.21. The van der Waals surface area contributed by atoms with Gasteiger partial charge in [-0.15, -0.1) is 10.2 Å². The normalized spacial score (nSPS) is 17.3. The molecule has 27 heavy (non-hydrogen) atoms. The number of Topliss-reactive ketones (excluding diaryl/α,β-unsaturated/α-hetero) is 1. The zero-order valence-corrected chi connectivity index (χ0v) is 16.5. The standard InChI is InChI=1S/C20H19ClN4OS/c1-13-15(21)5-4-6-16(13)25-19(14-9-11-22-12-10-14)23-24-20(25)27-18-8-3-2-7-17(18)26/h4-6,9-12,18H,2-3,7-8H2,1H3/t18-/m1/s1. The van der Waals surface area contributed by atoms with Crippen molar-refractivity contribution < 1.29 is 4.79 Å². The first-order valence-corrected chi connectivity index (χ1v) is 10.2. The van der Waals surface area contributed by atoms with Crippen molar-refractivity contribution in [3.8, 4) is 17.1 Å². The van der Waals surface area contributed by atoms with Crippen LogP contribution in [0.2, 0.25) is 5.02 Å². The summed E-state index contributed by atoms with van der Waals surface area (Å²) in [6.45, 7) is 1.98. The van der Waals surface area contributed by atoms with Crippen LogP contribution in [0.5, 0.6) is 0 Å². The molecule has 1 atom stereocenters. The van der Waals surface area contributed by atoms with E-state index in [1.165, 1.54) is 11.8 Å². The van der Waals surface area contributed by atoms with E-state index in [1.807, 2.05) is 41.8 Å². The molecule has 1 fully saturated rings. The number of hydrogen-bond acceptors (Lipinski definition) is 5. The highest BCUT2D eigenvalue weighted by Crippen LogP contribution is 2.36. The summed E-state index contributed by atoms with van der Waals surface area (Å²) in [4.78, 5) is 16.4. The number of pyridine rings is 1. The van der Waals surface area contributed by atoms with Gasteiger partial charge in [-0.25, -0.2) is 0 Å². The Morgan fingerprint density at radius 2 is 1.96 bits per heavy atom. The van der Waals surface area contributed by atoms with Crippen LogP contribution in [0.25, 0.3) is 17.1 Å². The Balaban J connectivity index is 1.83. The predicted molar refractivity (Wildman–Crippen MR) is 107 cm³/mol. The molecule has 0 unspecified atom stereocenters. The van der Waals surface area contributed by atoms with Crippen LogP contribution >= 0.6 is 23.4 Å². The van der Waals surface area contributed by atoms with E-state index in [-0.39, 0.29) is 5.25 Å². The molecule has 2 aromatic heterocycles. The summed E-state index contributed by atoms with van der Waals surface area (Å²) in [6, 6.07) is 9.60. The Hall–Kier alpha value is -2.18. The first-order chi connectivity index (χ1) is 13.1. The van der Waals surface area contributed by atoms with Gasteiger partial charge in [0.15, 0.2) is 11.0 Å². The van der Waals surface area contributed by atoms with Crippen molar-refractivity contribution in [2.45, 2.75) is 43.0 Å². The molecule has 138 valence electrons. The van der Waals surface area contributed by atoms with E-state index >= 15 is 0 Å². The molecule has 0 radical (unpaired) electrons. The van der Waals surface area contributed by atoms with E-state index in [4.69, 9.17) is 11.6 Å². The summed E-state index contributed by atoms with van der Waals surface area (Å²) in [7, 11) is 0. The van der Waals surface area contributed by atoms with Gasteiger partial charge >= 0.3 is 0 Å². The molecule has 0 aliphatic heterocycles. The number of ketones is 1. The first kappa shape index (κ1) is 18.2. The maximum absolute atomic E-state index is 12.3. The molecule has 3 aromatic rings. The van der Waals surface area contributed by atoms with E-state index in [0.717, 1.165) is 36.1 Å². The van der Waals surface area contributed by atoms with Gasteiger partial charge in [0.05, 0.1) is 10.9 Å². The summed E-state index contributed by atoms with van der Waals surface area (Å²) in [5.74, 6) is 1.02. The van der Waals surface area contributed by atoms with Gasteiger partial charge in [0.2, 0.25) is 0 Å². The van der Waals surface area contributed by atoms with Gasteiger partial charge in [0, 0.05) is 29.4 Å². The van der Waals surface area contributed by atoms with Crippen LogP contribution in [0.1, 0.15) is 31.2 Å². The number of carbonyl (C=O) groups is 1. The topological polar surface area (TPSA) is 60.7 Å². The highest BCUT2D eigenvalue weighted by Gasteiger charge is 2.27. The summed E-state index contributed by atoms with van der Waals surface area (Å²) in [5, 5.41) is 10.2. The zero-order chi connectivity index (χ0) is 18.8. The maximum Gasteiger partial charge on any atom is 0.196 e. The fraction of sp³-hybridized carbons (Fsp3) is 0.300. The highest BCUT2D eigenvalue weighted by molar-refractivity contribution is 8.00. The molecule has 2 heterocycles. The van der Waals surface area contributed by atoms with Gasteiger partial charge in [-0.2, -0.15) is 0 Å². The Morgan fingerprint density at radius 1 is 1.15 bits per heavy atom. The molecule has 1 aliphatic rings. The average Bonchev–Trinajstić information content (AvgIpc) is 3.10. The second-order valence-electron chi connectivity index (χ2n) is 6.58. The number of rotatable bonds is 4. The minimum Gasteiger partial charge on any atom is -0.298 e. The Morgan fingerprint density at radius 3 is 2.74 bits per heavy atom. The fourth-order valence-electron chi connectivity index (χ4n) is 3.29. The molecular formula is C20H19ClN4OS. The van der Waals surface area contributed by atoms with E-state index in [2.05, 4.69) is 15.2 Å². The summed E-state index contributed by atoms with van der Waals surface area (Å²) < 4.78 is 2.00. The lowest BCUT2D eigenvalue weighted by atomic mass is 9.99. The molecule has 0 spiro atoms. The average molecular weight is 399 g/mol. The van der Waals surface area contributed by atoms with Crippen LogP contribution in [0.4, 0.5) is 0 Å². The van der Waals surface area contributed by atoms with Gasteiger partial charge in [-0.3, -0.25) is 14.3 Å². The second-order valence-corrected chi connectivity index (χ2v) is 8.16. The van der Waals surface area contributed by atoms with E-state index in [0.29, 0.717) is 28.2 Å². The predicted octanol–water partition coefficient (Wildman–Crippen LogP) is 4.89. The van der Waals surface area contributed by atoms with Crippen LogP contribution in [0, 0.1) is 6.92 Å². The lowest BCUT2D eigenvalue weighted by molar-refractivity contribution is -0.119. The molecule has 1 aliphatic carbocycles. The van der Waals surface area contributed by atoms with E-state index in [9.17, 15) is 4.79 Å². The summed E-state index contributed by atoms with van der Waals surface area (Å²) >= 11 is 7.88. The van der Waals surface area contributed by atoms with Crippen LogP contribution < -0.4 is 0 Å². The smallest absolute Gasteiger partial charge is 0.196 e. The zero-order valence-electron chi connectivity index (χ0n) is 14.9. The summed E-state index contributed by atoms with van der Waals surface area (Å²) in [6.07, 6.45) is 7.06. The number of thioether (sulfide) groups is 1.